The van der Waals surface area contributed by atoms with Crippen molar-refractivity contribution >= 4 is 17.9 Å². The Balaban J connectivity index is 1.49. The van der Waals surface area contributed by atoms with Crippen molar-refractivity contribution in [3.8, 4) is 0 Å². The quantitative estimate of drug-likeness (QED) is 0.765. The minimum absolute atomic E-state index is 0.0496. The number of ether oxygens (including phenoxy) is 1. The first kappa shape index (κ1) is 22.2. The number of hydrogen-bond donors (Lipinski definition) is 1. The Morgan fingerprint density at radius 2 is 1.87 bits per heavy atom. The molecule has 3 amide bonds. The van der Waals surface area contributed by atoms with E-state index in [-0.39, 0.29) is 30.5 Å². The van der Waals surface area contributed by atoms with Crippen molar-refractivity contribution in [2.45, 2.75) is 65.0 Å². The van der Waals surface area contributed by atoms with Crippen LogP contribution in [0.2, 0.25) is 0 Å². The second-order valence-electron chi connectivity index (χ2n) is 9.26. The largest absolute Gasteiger partial charge is 0.469 e. The van der Waals surface area contributed by atoms with Gasteiger partial charge in [-0.25, -0.2) is 4.79 Å². The first-order chi connectivity index (χ1) is 14.1. The van der Waals surface area contributed by atoms with Crippen LogP contribution in [0, 0.1) is 12.8 Å². The molecule has 0 bridgehead atoms. The standard InChI is InChI=1S/C22H33N3O5/c1-15-18(9-12-29-15)20(27)23-13-19(26)24-10-7-17(8-11-24)25(14-16-5-6-16)21(28)30-22(2,3)4/h9,12,16-17H,5-8,10-11,13-14H2,1-4H3,(H,23,27). The van der Waals surface area contributed by atoms with E-state index in [1.807, 2.05) is 25.7 Å². The highest BCUT2D eigenvalue weighted by Gasteiger charge is 2.36. The molecular formula is C22H33N3O5. The average Bonchev–Trinajstić information content (AvgIpc) is 3.41. The Morgan fingerprint density at radius 3 is 2.40 bits per heavy atom. The van der Waals surface area contributed by atoms with Crippen LogP contribution in [0.5, 0.6) is 0 Å². The Hall–Kier alpha value is -2.51. The van der Waals surface area contributed by atoms with Gasteiger partial charge in [0.2, 0.25) is 5.91 Å². The molecule has 1 aliphatic carbocycles. The predicted molar refractivity (Wildman–Crippen MR) is 111 cm³/mol. The fourth-order valence-corrected chi connectivity index (χ4v) is 3.68. The number of nitrogens with one attached hydrogen (secondary N) is 1. The van der Waals surface area contributed by atoms with Gasteiger partial charge in [0, 0.05) is 25.7 Å². The number of likely N-dealkylation sites (tertiary alicyclic amines) is 1. The molecule has 8 nitrogen and oxygen atoms in total. The van der Waals surface area contributed by atoms with Crippen LogP contribution in [0.1, 0.15) is 62.6 Å². The molecule has 30 heavy (non-hydrogen) atoms. The topological polar surface area (TPSA) is 92.1 Å². The van der Waals surface area contributed by atoms with Crippen LogP contribution in [-0.4, -0.2) is 65.5 Å². The van der Waals surface area contributed by atoms with Gasteiger partial charge in [-0.15, -0.1) is 0 Å². The molecule has 8 heteroatoms. The number of piperidine rings is 1. The summed E-state index contributed by atoms with van der Waals surface area (Å²) in [5.41, 5.74) is -0.0873. The highest BCUT2D eigenvalue weighted by Crippen LogP contribution is 2.32. The lowest BCUT2D eigenvalue weighted by molar-refractivity contribution is -0.131. The van der Waals surface area contributed by atoms with Gasteiger partial charge in [0.1, 0.15) is 11.4 Å². The molecule has 1 aromatic heterocycles. The molecular weight excluding hydrogens is 386 g/mol. The number of amides is 3. The zero-order valence-corrected chi connectivity index (χ0v) is 18.4. The van der Waals surface area contributed by atoms with Gasteiger partial charge in [-0.05, 0) is 65.4 Å². The molecule has 1 N–H and O–H groups in total. The van der Waals surface area contributed by atoms with Crippen molar-refractivity contribution in [2.75, 3.05) is 26.2 Å². The molecule has 2 aliphatic rings. The number of carbonyl (C=O) groups excluding carboxylic acids is 3. The number of rotatable bonds is 6. The van der Waals surface area contributed by atoms with Gasteiger partial charge in [0.05, 0.1) is 18.4 Å². The number of hydrogen-bond acceptors (Lipinski definition) is 5. The second-order valence-corrected chi connectivity index (χ2v) is 9.26. The van der Waals surface area contributed by atoms with Gasteiger partial charge < -0.3 is 24.3 Å². The summed E-state index contributed by atoms with van der Waals surface area (Å²) >= 11 is 0. The molecule has 2 heterocycles. The Labute approximate surface area is 177 Å². The summed E-state index contributed by atoms with van der Waals surface area (Å²) in [4.78, 5) is 41.0. The summed E-state index contributed by atoms with van der Waals surface area (Å²) < 4.78 is 10.7. The van der Waals surface area contributed by atoms with E-state index < -0.39 is 5.60 Å². The molecule has 0 unspecified atom stereocenters. The van der Waals surface area contributed by atoms with Crippen LogP contribution in [0.3, 0.4) is 0 Å². The summed E-state index contributed by atoms with van der Waals surface area (Å²) in [6, 6.07) is 1.67. The molecule has 2 fully saturated rings. The van der Waals surface area contributed by atoms with E-state index in [4.69, 9.17) is 9.15 Å². The Bertz CT molecular complexity index is 770. The molecule has 1 saturated carbocycles. The van der Waals surface area contributed by atoms with E-state index in [1.165, 1.54) is 6.26 Å². The third-order valence-electron chi connectivity index (χ3n) is 5.54. The number of furan rings is 1. The van der Waals surface area contributed by atoms with Crippen LogP contribution in [0.15, 0.2) is 16.7 Å². The lowest BCUT2D eigenvalue weighted by atomic mass is 10.0. The number of carbonyl (C=O) groups is 3. The molecule has 0 atom stereocenters. The van der Waals surface area contributed by atoms with Crippen molar-refractivity contribution in [1.29, 1.82) is 0 Å². The minimum atomic E-state index is -0.527. The van der Waals surface area contributed by atoms with Crippen LogP contribution in [-0.2, 0) is 9.53 Å². The minimum Gasteiger partial charge on any atom is -0.469 e. The molecule has 0 spiro atoms. The van der Waals surface area contributed by atoms with E-state index >= 15 is 0 Å². The lowest BCUT2D eigenvalue weighted by Gasteiger charge is -2.39. The number of aryl methyl sites for hydroxylation is 1. The Kier molecular flexibility index (Phi) is 6.73. The van der Waals surface area contributed by atoms with Crippen molar-refractivity contribution in [1.82, 2.24) is 15.1 Å². The highest BCUT2D eigenvalue weighted by molar-refractivity contribution is 5.97. The van der Waals surface area contributed by atoms with Gasteiger partial charge in [-0.2, -0.15) is 0 Å². The molecule has 0 aromatic carbocycles. The van der Waals surface area contributed by atoms with E-state index in [1.54, 1.807) is 17.9 Å². The van der Waals surface area contributed by atoms with Crippen LogP contribution >= 0.6 is 0 Å². The second kappa shape index (κ2) is 9.10. The van der Waals surface area contributed by atoms with Gasteiger partial charge in [-0.3, -0.25) is 9.59 Å². The zero-order valence-electron chi connectivity index (χ0n) is 18.4. The number of nitrogens with zero attached hydrogens (tertiary/aromatic N) is 2. The monoisotopic (exact) mass is 419 g/mol. The van der Waals surface area contributed by atoms with Gasteiger partial charge in [0.25, 0.3) is 5.91 Å². The summed E-state index contributed by atoms with van der Waals surface area (Å²) in [6.45, 7) is 9.14. The summed E-state index contributed by atoms with van der Waals surface area (Å²) in [5, 5.41) is 2.66. The first-order valence-electron chi connectivity index (χ1n) is 10.7. The average molecular weight is 420 g/mol. The van der Waals surface area contributed by atoms with Crippen molar-refractivity contribution < 1.29 is 23.5 Å². The van der Waals surface area contributed by atoms with Crippen molar-refractivity contribution in [3.63, 3.8) is 0 Å². The molecule has 1 saturated heterocycles. The predicted octanol–water partition coefficient (Wildman–Crippen LogP) is 2.96. The maximum absolute atomic E-state index is 12.7. The molecule has 1 aromatic rings. The third-order valence-corrected chi connectivity index (χ3v) is 5.54. The fraction of sp³-hybridized carbons (Fsp3) is 0.682. The van der Waals surface area contributed by atoms with Gasteiger partial charge in [0.15, 0.2) is 0 Å². The van der Waals surface area contributed by atoms with E-state index in [2.05, 4.69) is 5.32 Å². The van der Waals surface area contributed by atoms with Gasteiger partial charge in [-0.1, -0.05) is 0 Å². The molecule has 3 rings (SSSR count). The van der Waals surface area contributed by atoms with E-state index in [9.17, 15) is 14.4 Å². The smallest absolute Gasteiger partial charge is 0.410 e. The van der Waals surface area contributed by atoms with Gasteiger partial charge >= 0.3 is 6.09 Å². The first-order valence-corrected chi connectivity index (χ1v) is 10.7. The summed E-state index contributed by atoms with van der Waals surface area (Å²) in [6.07, 6.45) is 4.94. The maximum Gasteiger partial charge on any atom is 0.410 e. The Morgan fingerprint density at radius 1 is 1.20 bits per heavy atom. The SMILES string of the molecule is Cc1occc1C(=O)NCC(=O)N1CCC(N(CC2CC2)C(=O)OC(C)(C)C)CC1. The van der Waals surface area contributed by atoms with E-state index in [0.717, 1.165) is 19.4 Å². The molecule has 166 valence electrons. The fourth-order valence-electron chi connectivity index (χ4n) is 3.68. The zero-order chi connectivity index (χ0) is 21.9. The lowest BCUT2D eigenvalue weighted by Crippen LogP contribution is -2.51. The van der Waals surface area contributed by atoms with Crippen LogP contribution in [0.4, 0.5) is 4.79 Å². The highest BCUT2D eigenvalue weighted by atomic mass is 16.6. The molecule has 0 radical (unpaired) electrons. The van der Waals surface area contributed by atoms with E-state index in [0.29, 0.717) is 43.2 Å². The van der Waals surface area contributed by atoms with Crippen molar-refractivity contribution in [3.05, 3.63) is 23.7 Å². The van der Waals surface area contributed by atoms with Crippen LogP contribution < -0.4 is 5.32 Å². The summed E-state index contributed by atoms with van der Waals surface area (Å²) in [7, 11) is 0. The maximum atomic E-state index is 12.7. The molecule has 1 aliphatic heterocycles. The van der Waals surface area contributed by atoms with Crippen LogP contribution in [0.25, 0.3) is 0 Å². The van der Waals surface area contributed by atoms with Crippen molar-refractivity contribution in [2.24, 2.45) is 5.92 Å². The summed E-state index contributed by atoms with van der Waals surface area (Å²) in [5.74, 6) is 0.663. The third kappa shape index (κ3) is 6.00. The normalized spacial score (nSPS) is 17.5.